The van der Waals surface area contributed by atoms with Crippen molar-refractivity contribution < 1.29 is 17.6 Å². The number of halogens is 1. The smallest absolute Gasteiger partial charge is 0.223 e. The maximum absolute atomic E-state index is 12.8. The van der Waals surface area contributed by atoms with Gasteiger partial charge in [0.05, 0.1) is 10.6 Å². The number of rotatable bonds is 8. The molecule has 2 N–H and O–H groups in total. The fraction of sp³-hybridized carbons (Fsp3) is 0.500. The quantitative estimate of drug-likeness (QED) is 0.553. The Labute approximate surface area is 124 Å². The number of amides is 1. The van der Waals surface area contributed by atoms with Crippen LogP contribution in [0.15, 0.2) is 29.2 Å². The van der Waals surface area contributed by atoms with Crippen LogP contribution < -0.4 is 10.6 Å². The minimum atomic E-state index is -3.60. The third-order valence-electron chi connectivity index (χ3n) is 2.94. The van der Waals surface area contributed by atoms with Crippen molar-refractivity contribution in [1.29, 1.82) is 0 Å². The zero-order valence-corrected chi connectivity index (χ0v) is 13.0. The molecule has 0 saturated carbocycles. The van der Waals surface area contributed by atoms with E-state index in [1.165, 1.54) is 12.1 Å². The Morgan fingerprint density at radius 2 is 1.86 bits per heavy atom. The Balaban J connectivity index is 2.58. The van der Waals surface area contributed by atoms with Crippen LogP contribution in [0.25, 0.3) is 0 Å². The van der Waals surface area contributed by atoms with E-state index in [9.17, 15) is 17.6 Å². The van der Waals surface area contributed by atoms with Crippen LogP contribution in [0.5, 0.6) is 0 Å². The van der Waals surface area contributed by atoms with E-state index in [1.807, 2.05) is 6.92 Å². The molecule has 5 nitrogen and oxygen atoms in total. The van der Waals surface area contributed by atoms with Gasteiger partial charge in [-0.05, 0) is 30.8 Å². The maximum atomic E-state index is 12.8. The molecule has 21 heavy (non-hydrogen) atoms. The van der Waals surface area contributed by atoms with Gasteiger partial charge in [-0.1, -0.05) is 13.8 Å². The Kier molecular flexibility index (Phi) is 6.77. The average Bonchev–Trinajstić information content (AvgIpc) is 2.43. The van der Waals surface area contributed by atoms with E-state index in [0.717, 1.165) is 18.7 Å². The number of nitrogens with one attached hydrogen (secondary N) is 2. The highest BCUT2D eigenvalue weighted by atomic mass is 32.2. The zero-order chi connectivity index (χ0) is 15.9. The van der Waals surface area contributed by atoms with E-state index in [4.69, 9.17) is 0 Å². The first-order valence-corrected chi connectivity index (χ1v) is 8.48. The molecule has 0 aliphatic rings. The van der Waals surface area contributed by atoms with E-state index in [-0.39, 0.29) is 16.6 Å². The summed E-state index contributed by atoms with van der Waals surface area (Å²) in [5.41, 5.74) is 0. The molecule has 0 fully saturated rings. The summed E-state index contributed by atoms with van der Waals surface area (Å²) in [7, 11) is -3.60. The van der Waals surface area contributed by atoms with Crippen molar-refractivity contribution in [3.05, 3.63) is 30.1 Å². The van der Waals surface area contributed by atoms with Gasteiger partial charge in [0.15, 0.2) is 9.84 Å². The normalized spacial score (nSPS) is 12.9. The molecule has 1 unspecified atom stereocenters. The van der Waals surface area contributed by atoms with Crippen molar-refractivity contribution in [3.8, 4) is 0 Å². The maximum Gasteiger partial charge on any atom is 0.223 e. The first-order valence-electron chi connectivity index (χ1n) is 6.83. The second-order valence-electron chi connectivity index (χ2n) is 4.78. The topological polar surface area (TPSA) is 75.3 Å². The zero-order valence-electron chi connectivity index (χ0n) is 12.2. The van der Waals surface area contributed by atoms with Crippen LogP contribution in [0, 0.1) is 11.7 Å². The summed E-state index contributed by atoms with van der Waals surface area (Å²) < 4.78 is 37.0. The van der Waals surface area contributed by atoms with E-state index in [2.05, 4.69) is 10.6 Å². The number of sulfone groups is 1. The minimum Gasteiger partial charge on any atom is -0.355 e. The predicted octanol–water partition coefficient (Wildman–Crippen LogP) is 0.961. The fourth-order valence-electron chi connectivity index (χ4n) is 1.77. The van der Waals surface area contributed by atoms with Gasteiger partial charge >= 0.3 is 0 Å². The lowest BCUT2D eigenvalue weighted by Crippen LogP contribution is -2.37. The summed E-state index contributed by atoms with van der Waals surface area (Å²) in [4.78, 5) is 11.8. The first kappa shape index (κ1) is 17.6. The summed E-state index contributed by atoms with van der Waals surface area (Å²) in [6.45, 7) is 5.42. The third kappa shape index (κ3) is 5.81. The molecule has 0 bridgehead atoms. The number of benzene rings is 1. The molecule has 1 aromatic rings. The molecule has 0 spiro atoms. The highest BCUT2D eigenvalue weighted by Crippen LogP contribution is 2.15. The lowest BCUT2D eigenvalue weighted by Gasteiger charge is -2.13. The first-order chi connectivity index (χ1) is 9.86. The van der Waals surface area contributed by atoms with Crippen LogP contribution in [-0.2, 0) is 14.6 Å². The van der Waals surface area contributed by atoms with Gasteiger partial charge in [0.25, 0.3) is 0 Å². The standard InChI is InChI=1S/C14H21FN2O3S/c1-3-16-8-9-17-14(18)11(2)10-21(19,20)13-6-4-12(15)5-7-13/h4-7,11,16H,3,8-10H2,1-2H3,(H,17,18). The molecular formula is C14H21FN2O3S. The Morgan fingerprint density at radius 3 is 2.43 bits per heavy atom. The van der Waals surface area contributed by atoms with Crippen molar-refractivity contribution in [2.45, 2.75) is 18.7 Å². The van der Waals surface area contributed by atoms with Crippen LogP contribution in [-0.4, -0.2) is 39.7 Å². The number of likely N-dealkylation sites (N-methyl/N-ethyl adjacent to an activating group) is 1. The van der Waals surface area contributed by atoms with Gasteiger partial charge < -0.3 is 10.6 Å². The van der Waals surface area contributed by atoms with Crippen molar-refractivity contribution >= 4 is 15.7 Å². The van der Waals surface area contributed by atoms with Crippen molar-refractivity contribution in [2.75, 3.05) is 25.4 Å². The summed E-state index contributed by atoms with van der Waals surface area (Å²) in [6, 6.07) is 4.60. The molecule has 0 aliphatic heterocycles. The second kappa shape index (κ2) is 8.09. The molecule has 7 heteroatoms. The summed E-state index contributed by atoms with van der Waals surface area (Å²) in [5, 5.41) is 5.73. The molecule has 0 radical (unpaired) electrons. The Hall–Kier alpha value is -1.47. The highest BCUT2D eigenvalue weighted by Gasteiger charge is 2.23. The molecule has 1 amide bonds. The van der Waals surface area contributed by atoms with Gasteiger partial charge in [-0.3, -0.25) is 4.79 Å². The average molecular weight is 316 g/mol. The molecule has 0 aliphatic carbocycles. The summed E-state index contributed by atoms with van der Waals surface area (Å²) in [5.74, 6) is -1.77. The van der Waals surface area contributed by atoms with Crippen LogP contribution in [0.1, 0.15) is 13.8 Å². The summed E-state index contributed by atoms with van der Waals surface area (Å²) >= 11 is 0. The molecule has 0 saturated heterocycles. The Bertz CT molecular complexity index is 558. The van der Waals surface area contributed by atoms with Crippen molar-refractivity contribution in [1.82, 2.24) is 10.6 Å². The van der Waals surface area contributed by atoms with Crippen LogP contribution in [0.4, 0.5) is 4.39 Å². The predicted molar refractivity (Wildman–Crippen MR) is 79.2 cm³/mol. The van der Waals surface area contributed by atoms with Crippen LogP contribution >= 0.6 is 0 Å². The van der Waals surface area contributed by atoms with Gasteiger partial charge in [0.2, 0.25) is 5.91 Å². The minimum absolute atomic E-state index is 0.0243. The lowest BCUT2D eigenvalue weighted by molar-refractivity contribution is -0.123. The second-order valence-corrected chi connectivity index (χ2v) is 6.82. The van der Waals surface area contributed by atoms with E-state index in [1.54, 1.807) is 6.92 Å². The monoisotopic (exact) mass is 316 g/mol. The van der Waals surface area contributed by atoms with Gasteiger partial charge in [0, 0.05) is 19.0 Å². The highest BCUT2D eigenvalue weighted by molar-refractivity contribution is 7.91. The van der Waals surface area contributed by atoms with E-state index < -0.39 is 21.6 Å². The number of hydrogen-bond donors (Lipinski definition) is 2. The van der Waals surface area contributed by atoms with Crippen LogP contribution in [0.2, 0.25) is 0 Å². The van der Waals surface area contributed by atoms with Crippen molar-refractivity contribution in [3.63, 3.8) is 0 Å². The Morgan fingerprint density at radius 1 is 1.24 bits per heavy atom. The molecule has 0 heterocycles. The summed E-state index contributed by atoms with van der Waals surface area (Å²) in [6.07, 6.45) is 0. The van der Waals surface area contributed by atoms with Crippen LogP contribution in [0.3, 0.4) is 0 Å². The molecule has 1 aromatic carbocycles. The fourth-order valence-corrected chi connectivity index (χ4v) is 3.32. The number of carbonyl (C=O) groups is 1. The molecule has 1 rings (SSSR count). The largest absolute Gasteiger partial charge is 0.355 e. The van der Waals surface area contributed by atoms with Gasteiger partial charge in [-0.25, -0.2) is 12.8 Å². The molecule has 0 aromatic heterocycles. The third-order valence-corrected chi connectivity index (χ3v) is 4.87. The lowest BCUT2D eigenvalue weighted by atomic mass is 10.2. The van der Waals surface area contributed by atoms with E-state index in [0.29, 0.717) is 13.1 Å². The van der Waals surface area contributed by atoms with Crippen molar-refractivity contribution in [2.24, 2.45) is 5.92 Å². The van der Waals surface area contributed by atoms with E-state index >= 15 is 0 Å². The molecule has 118 valence electrons. The number of hydrogen-bond acceptors (Lipinski definition) is 4. The van der Waals surface area contributed by atoms with Gasteiger partial charge in [0.1, 0.15) is 5.82 Å². The molecule has 1 atom stereocenters. The van der Waals surface area contributed by atoms with Gasteiger partial charge in [-0.2, -0.15) is 0 Å². The SMILES string of the molecule is CCNCCNC(=O)C(C)CS(=O)(=O)c1ccc(F)cc1. The van der Waals surface area contributed by atoms with Gasteiger partial charge in [-0.15, -0.1) is 0 Å². The number of carbonyl (C=O) groups excluding carboxylic acids is 1. The molecular weight excluding hydrogens is 295 g/mol.